The lowest BCUT2D eigenvalue weighted by Crippen LogP contribution is -2.30. The molecule has 0 bridgehead atoms. The van der Waals surface area contributed by atoms with Gasteiger partial charge in [-0.05, 0) is 49.8 Å². The van der Waals surface area contributed by atoms with Gasteiger partial charge in [0.05, 0.1) is 5.02 Å². The highest BCUT2D eigenvalue weighted by Crippen LogP contribution is 2.28. The van der Waals surface area contributed by atoms with Crippen LogP contribution in [0.15, 0.2) is 54.6 Å². The smallest absolute Gasteiger partial charge is 0.265 e. The van der Waals surface area contributed by atoms with Gasteiger partial charge in [0, 0.05) is 16.8 Å². The molecule has 2 aromatic carbocycles. The predicted molar refractivity (Wildman–Crippen MR) is 102 cm³/mol. The van der Waals surface area contributed by atoms with E-state index in [2.05, 4.69) is 11.9 Å². The molecule has 0 spiro atoms. The zero-order valence-electron chi connectivity index (χ0n) is 14.0. The fourth-order valence-electron chi connectivity index (χ4n) is 1.93. The third-order valence-electron chi connectivity index (χ3n) is 3.15. The quantitative estimate of drug-likeness (QED) is 0.659. The summed E-state index contributed by atoms with van der Waals surface area (Å²) >= 11 is 11.9. The molecule has 1 atom stereocenters. The molecule has 1 amide bonds. The molecule has 2 aromatic rings. The number of benzene rings is 2. The van der Waals surface area contributed by atoms with Crippen LogP contribution in [0.3, 0.4) is 0 Å². The maximum atomic E-state index is 12.3. The highest BCUT2D eigenvalue weighted by molar-refractivity contribution is 6.35. The summed E-state index contributed by atoms with van der Waals surface area (Å²) in [6, 6.07) is 12.0. The average molecular weight is 380 g/mol. The molecule has 0 saturated heterocycles. The van der Waals surface area contributed by atoms with Crippen molar-refractivity contribution >= 4 is 34.8 Å². The van der Waals surface area contributed by atoms with Gasteiger partial charge in [-0.15, -0.1) is 0 Å². The van der Waals surface area contributed by atoms with Crippen molar-refractivity contribution in [3.05, 3.63) is 64.7 Å². The number of hydrogen-bond acceptors (Lipinski definition) is 3. The first-order valence-electron chi connectivity index (χ1n) is 7.65. The minimum absolute atomic E-state index is 0.303. The summed E-state index contributed by atoms with van der Waals surface area (Å²) in [4.78, 5) is 12.3. The molecule has 6 heteroatoms. The van der Waals surface area contributed by atoms with E-state index in [1.807, 2.05) is 13.0 Å². The zero-order valence-corrected chi connectivity index (χ0v) is 15.5. The van der Waals surface area contributed by atoms with Crippen molar-refractivity contribution in [2.24, 2.45) is 0 Å². The summed E-state index contributed by atoms with van der Waals surface area (Å²) < 4.78 is 11.2. The molecular formula is C19H19Cl2NO3. The lowest BCUT2D eigenvalue weighted by Gasteiger charge is -2.16. The molecule has 1 N–H and O–H groups in total. The third kappa shape index (κ3) is 6.00. The Balaban J connectivity index is 1.98. The van der Waals surface area contributed by atoms with E-state index < -0.39 is 6.10 Å². The first-order chi connectivity index (χ1) is 11.8. The first kappa shape index (κ1) is 19.2. The van der Waals surface area contributed by atoms with E-state index in [1.54, 1.807) is 43.3 Å². The van der Waals surface area contributed by atoms with E-state index in [4.69, 9.17) is 32.7 Å². The second-order valence-electron chi connectivity index (χ2n) is 5.60. The van der Waals surface area contributed by atoms with Crippen LogP contribution in [0.25, 0.3) is 0 Å². The molecule has 0 aromatic heterocycles. The van der Waals surface area contributed by atoms with Crippen LogP contribution < -0.4 is 14.8 Å². The molecule has 25 heavy (non-hydrogen) atoms. The van der Waals surface area contributed by atoms with Gasteiger partial charge in [-0.2, -0.15) is 0 Å². The Labute approximate surface area is 157 Å². The number of anilines is 1. The maximum Gasteiger partial charge on any atom is 0.265 e. The van der Waals surface area contributed by atoms with Gasteiger partial charge >= 0.3 is 0 Å². The number of carbonyl (C=O) groups is 1. The lowest BCUT2D eigenvalue weighted by atomic mass is 10.2. The van der Waals surface area contributed by atoms with Crippen molar-refractivity contribution in [1.29, 1.82) is 0 Å². The molecule has 0 heterocycles. The fourth-order valence-corrected chi connectivity index (χ4v) is 2.38. The molecule has 0 fully saturated rings. The largest absolute Gasteiger partial charge is 0.489 e. The highest BCUT2D eigenvalue weighted by atomic mass is 35.5. The topological polar surface area (TPSA) is 47.6 Å². The Morgan fingerprint density at radius 1 is 1.24 bits per heavy atom. The van der Waals surface area contributed by atoms with Gasteiger partial charge in [0.25, 0.3) is 5.91 Å². The van der Waals surface area contributed by atoms with Gasteiger partial charge in [-0.25, -0.2) is 0 Å². The summed E-state index contributed by atoms with van der Waals surface area (Å²) in [5.41, 5.74) is 1.53. The molecule has 0 aliphatic carbocycles. The van der Waals surface area contributed by atoms with Gasteiger partial charge in [0.2, 0.25) is 0 Å². The Bertz CT molecular complexity index is 777. The number of carbonyl (C=O) groups excluding carboxylic acids is 1. The summed E-state index contributed by atoms with van der Waals surface area (Å²) in [6.45, 7) is 7.73. The van der Waals surface area contributed by atoms with Crippen LogP contribution in [0.4, 0.5) is 5.69 Å². The van der Waals surface area contributed by atoms with Crippen LogP contribution in [0.5, 0.6) is 11.5 Å². The van der Waals surface area contributed by atoms with Crippen molar-refractivity contribution in [1.82, 2.24) is 0 Å². The maximum absolute atomic E-state index is 12.3. The Hall–Kier alpha value is -2.17. The number of amides is 1. The monoisotopic (exact) mass is 379 g/mol. The van der Waals surface area contributed by atoms with Crippen molar-refractivity contribution < 1.29 is 14.3 Å². The Kier molecular flexibility index (Phi) is 6.73. The van der Waals surface area contributed by atoms with Crippen LogP contribution in [-0.2, 0) is 4.79 Å². The predicted octanol–water partition coefficient (Wildman–Crippen LogP) is 5.35. The SMILES string of the molecule is C=C(C)COc1cccc(NC(=O)C(C)Oc2ccc(Cl)cc2Cl)c1. The van der Waals surface area contributed by atoms with Crippen molar-refractivity contribution in [3.8, 4) is 11.5 Å². The van der Waals surface area contributed by atoms with E-state index in [1.165, 1.54) is 0 Å². The molecule has 0 aliphatic rings. The van der Waals surface area contributed by atoms with E-state index >= 15 is 0 Å². The first-order valence-corrected chi connectivity index (χ1v) is 8.40. The van der Waals surface area contributed by atoms with Gasteiger partial charge in [0.15, 0.2) is 6.10 Å². The molecule has 0 saturated carbocycles. The normalized spacial score (nSPS) is 11.5. The summed E-state index contributed by atoms with van der Waals surface area (Å²) in [5.74, 6) is 0.741. The number of nitrogens with one attached hydrogen (secondary N) is 1. The average Bonchev–Trinajstić information content (AvgIpc) is 2.55. The minimum Gasteiger partial charge on any atom is -0.489 e. The number of rotatable bonds is 7. The standard InChI is InChI=1S/C19H19Cl2NO3/c1-12(2)11-24-16-6-4-5-15(10-16)22-19(23)13(3)25-18-8-7-14(20)9-17(18)21/h4-10,13H,1,11H2,2-3H3,(H,22,23). The number of hydrogen-bond donors (Lipinski definition) is 1. The third-order valence-corrected chi connectivity index (χ3v) is 3.68. The van der Waals surface area contributed by atoms with Crippen LogP contribution >= 0.6 is 23.2 Å². The number of ether oxygens (including phenoxy) is 2. The van der Waals surface area contributed by atoms with Gasteiger partial charge < -0.3 is 14.8 Å². The van der Waals surface area contributed by atoms with E-state index in [0.717, 1.165) is 5.57 Å². The molecule has 1 unspecified atom stereocenters. The van der Waals surface area contributed by atoms with Crippen molar-refractivity contribution in [2.45, 2.75) is 20.0 Å². The van der Waals surface area contributed by atoms with E-state index in [0.29, 0.717) is 33.8 Å². The van der Waals surface area contributed by atoms with Crippen molar-refractivity contribution in [2.75, 3.05) is 11.9 Å². The summed E-state index contributed by atoms with van der Waals surface area (Å²) in [5, 5.41) is 3.64. The lowest BCUT2D eigenvalue weighted by molar-refractivity contribution is -0.122. The van der Waals surface area contributed by atoms with E-state index in [-0.39, 0.29) is 5.91 Å². The van der Waals surface area contributed by atoms with Crippen molar-refractivity contribution in [3.63, 3.8) is 0 Å². The molecular weight excluding hydrogens is 361 g/mol. The second-order valence-corrected chi connectivity index (χ2v) is 6.44. The second kappa shape index (κ2) is 8.79. The molecule has 0 radical (unpaired) electrons. The van der Waals surface area contributed by atoms with Crippen LogP contribution in [-0.4, -0.2) is 18.6 Å². The van der Waals surface area contributed by atoms with Crippen LogP contribution in [0.2, 0.25) is 10.0 Å². The molecule has 0 aliphatic heterocycles. The Morgan fingerprint density at radius 3 is 2.68 bits per heavy atom. The highest BCUT2D eigenvalue weighted by Gasteiger charge is 2.16. The van der Waals surface area contributed by atoms with E-state index in [9.17, 15) is 4.79 Å². The Morgan fingerprint density at radius 2 is 2.00 bits per heavy atom. The molecule has 4 nitrogen and oxygen atoms in total. The molecule has 132 valence electrons. The van der Waals surface area contributed by atoms with Crippen LogP contribution in [0, 0.1) is 0 Å². The van der Waals surface area contributed by atoms with Gasteiger partial charge in [0.1, 0.15) is 18.1 Å². The minimum atomic E-state index is -0.737. The number of halogens is 2. The zero-order chi connectivity index (χ0) is 18.4. The fraction of sp³-hybridized carbons (Fsp3) is 0.211. The summed E-state index contributed by atoms with van der Waals surface area (Å²) in [6.07, 6.45) is -0.737. The molecule has 2 rings (SSSR count). The van der Waals surface area contributed by atoms with Gasteiger partial charge in [-0.3, -0.25) is 4.79 Å². The summed E-state index contributed by atoms with van der Waals surface area (Å²) in [7, 11) is 0. The van der Waals surface area contributed by atoms with Gasteiger partial charge in [-0.1, -0.05) is 35.8 Å². The van der Waals surface area contributed by atoms with Crippen LogP contribution in [0.1, 0.15) is 13.8 Å².